The third-order valence-corrected chi connectivity index (χ3v) is 3.82. The van der Waals surface area contributed by atoms with Gasteiger partial charge >= 0.3 is 11.9 Å². The molecule has 0 radical (unpaired) electrons. The molecule has 0 saturated heterocycles. The summed E-state index contributed by atoms with van der Waals surface area (Å²) in [7, 11) is 2.36. The average molecular weight is 347 g/mol. The summed E-state index contributed by atoms with van der Waals surface area (Å²) in [4.78, 5) is 36.5. The number of hydrogen-bond acceptors (Lipinski definition) is 6. The molecule has 0 aliphatic heterocycles. The highest BCUT2D eigenvalue weighted by atomic mass is 35.5. The Morgan fingerprint density at radius 1 is 0.917 bits per heavy atom. The monoisotopic (exact) mass is 346 g/mol. The molecule has 1 heterocycles. The van der Waals surface area contributed by atoms with E-state index in [1.807, 2.05) is 0 Å². The molecule has 0 spiro atoms. The number of fused-ring (bicyclic) bond motifs is 2. The van der Waals surface area contributed by atoms with Crippen molar-refractivity contribution < 1.29 is 23.5 Å². The molecule has 0 aliphatic rings. The smallest absolute Gasteiger partial charge is 0.338 e. The van der Waals surface area contributed by atoms with Gasteiger partial charge in [-0.3, -0.25) is 4.79 Å². The number of halogens is 1. The molecule has 0 bridgehead atoms. The van der Waals surface area contributed by atoms with E-state index in [1.165, 1.54) is 32.4 Å². The van der Waals surface area contributed by atoms with Gasteiger partial charge in [-0.1, -0.05) is 11.6 Å². The Balaban J connectivity index is 2.44. The molecule has 0 aliphatic carbocycles. The molecule has 0 atom stereocenters. The van der Waals surface area contributed by atoms with Gasteiger partial charge in [0.05, 0.1) is 36.1 Å². The van der Waals surface area contributed by atoms with Crippen molar-refractivity contribution in [2.45, 2.75) is 0 Å². The van der Waals surface area contributed by atoms with E-state index in [0.29, 0.717) is 10.6 Å². The lowest BCUT2D eigenvalue weighted by Gasteiger charge is -2.08. The molecule has 3 rings (SSSR count). The highest BCUT2D eigenvalue weighted by molar-refractivity contribution is 6.31. The zero-order valence-electron chi connectivity index (χ0n) is 12.7. The summed E-state index contributed by atoms with van der Waals surface area (Å²) < 4.78 is 15.0. The minimum absolute atomic E-state index is 0.0479. The minimum Gasteiger partial charge on any atom is -0.465 e. The van der Waals surface area contributed by atoms with Crippen molar-refractivity contribution in [3.63, 3.8) is 0 Å². The van der Waals surface area contributed by atoms with Gasteiger partial charge in [-0.05, 0) is 30.3 Å². The SMILES string of the molecule is COC(=O)c1cc2oc3ccc(Cl)cc3c(=O)c2cc1C(=O)OC. The molecular weight excluding hydrogens is 336 g/mol. The van der Waals surface area contributed by atoms with Crippen molar-refractivity contribution in [1.29, 1.82) is 0 Å². The van der Waals surface area contributed by atoms with Gasteiger partial charge in [-0.25, -0.2) is 9.59 Å². The molecular formula is C17H11ClO6. The molecule has 0 unspecified atom stereocenters. The molecule has 2 aromatic carbocycles. The van der Waals surface area contributed by atoms with Crippen LogP contribution < -0.4 is 5.43 Å². The quantitative estimate of drug-likeness (QED) is 0.523. The molecule has 0 saturated carbocycles. The number of methoxy groups -OCH3 is 2. The number of benzene rings is 2. The van der Waals surface area contributed by atoms with Gasteiger partial charge in [-0.2, -0.15) is 0 Å². The maximum absolute atomic E-state index is 12.7. The first-order valence-corrected chi connectivity index (χ1v) is 7.21. The van der Waals surface area contributed by atoms with Crippen molar-refractivity contribution >= 4 is 45.5 Å². The van der Waals surface area contributed by atoms with Crippen LogP contribution in [0.15, 0.2) is 39.5 Å². The van der Waals surface area contributed by atoms with Crippen molar-refractivity contribution in [2.24, 2.45) is 0 Å². The van der Waals surface area contributed by atoms with Crippen LogP contribution in [0, 0.1) is 0 Å². The fourth-order valence-corrected chi connectivity index (χ4v) is 2.60. The maximum atomic E-state index is 12.7. The number of hydrogen-bond donors (Lipinski definition) is 0. The molecule has 3 aromatic rings. The second-order valence-electron chi connectivity index (χ2n) is 4.95. The van der Waals surface area contributed by atoms with Crippen LogP contribution in [0.2, 0.25) is 5.02 Å². The third kappa shape index (κ3) is 2.51. The van der Waals surface area contributed by atoms with Crippen LogP contribution in [0.5, 0.6) is 0 Å². The Morgan fingerprint density at radius 3 is 2.12 bits per heavy atom. The first kappa shape index (κ1) is 16.0. The van der Waals surface area contributed by atoms with Crippen molar-refractivity contribution in [2.75, 3.05) is 14.2 Å². The molecule has 0 amide bonds. The van der Waals surface area contributed by atoms with E-state index in [2.05, 4.69) is 9.47 Å². The lowest BCUT2D eigenvalue weighted by atomic mass is 10.0. The molecule has 24 heavy (non-hydrogen) atoms. The van der Waals surface area contributed by atoms with Gasteiger partial charge in [0.1, 0.15) is 11.2 Å². The van der Waals surface area contributed by atoms with Gasteiger partial charge < -0.3 is 13.9 Å². The number of esters is 2. The second kappa shape index (κ2) is 5.98. The molecule has 122 valence electrons. The lowest BCUT2D eigenvalue weighted by Crippen LogP contribution is -2.13. The summed E-state index contributed by atoms with van der Waals surface area (Å²) in [5.74, 6) is -1.50. The fraction of sp³-hybridized carbons (Fsp3) is 0.118. The van der Waals surface area contributed by atoms with E-state index in [1.54, 1.807) is 12.1 Å². The van der Waals surface area contributed by atoms with Crippen molar-refractivity contribution in [1.82, 2.24) is 0 Å². The first-order valence-electron chi connectivity index (χ1n) is 6.83. The van der Waals surface area contributed by atoms with Gasteiger partial charge in [-0.15, -0.1) is 0 Å². The number of rotatable bonds is 2. The third-order valence-electron chi connectivity index (χ3n) is 3.58. The normalized spacial score (nSPS) is 10.8. The van der Waals surface area contributed by atoms with Crippen LogP contribution in [0.3, 0.4) is 0 Å². The zero-order chi connectivity index (χ0) is 17.4. The molecule has 6 nitrogen and oxygen atoms in total. The summed E-state index contributed by atoms with van der Waals surface area (Å²) in [5, 5.41) is 0.794. The van der Waals surface area contributed by atoms with E-state index in [9.17, 15) is 14.4 Å². The topological polar surface area (TPSA) is 82.8 Å². The summed E-state index contributed by atoms with van der Waals surface area (Å²) in [6, 6.07) is 7.18. The number of carbonyl (C=O) groups is 2. The summed E-state index contributed by atoms with van der Waals surface area (Å²) in [6.07, 6.45) is 0. The minimum atomic E-state index is -0.761. The van der Waals surface area contributed by atoms with Crippen LogP contribution in [0.25, 0.3) is 21.9 Å². The van der Waals surface area contributed by atoms with Crippen LogP contribution in [-0.4, -0.2) is 26.2 Å². The van der Waals surface area contributed by atoms with Crippen LogP contribution in [0.4, 0.5) is 0 Å². The fourth-order valence-electron chi connectivity index (χ4n) is 2.43. The zero-order valence-corrected chi connectivity index (χ0v) is 13.5. The Hall–Kier alpha value is -2.86. The van der Waals surface area contributed by atoms with E-state index < -0.39 is 11.9 Å². The molecule has 0 fully saturated rings. The number of ether oxygens (including phenoxy) is 2. The lowest BCUT2D eigenvalue weighted by molar-refractivity contribution is 0.0555. The second-order valence-corrected chi connectivity index (χ2v) is 5.39. The van der Waals surface area contributed by atoms with Gasteiger partial charge in [0.2, 0.25) is 5.43 Å². The van der Waals surface area contributed by atoms with Crippen molar-refractivity contribution in [3.8, 4) is 0 Å². The van der Waals surface area contributed by atoms with E-state index in [4.69, 9.17) is 16.0 Å². The molecule has 1 aromatic heterocycles. The molecule has 0 N–H and O–H groups in total. The first-order chi connectivity index (χ1) is 11.5. The molecule has 7 heteroatoms. The summed E-state index contributed by atoms with van der Waals surface area (Å²) >= 11 is 5.92. The Bertz CT molecular complexity index is 1050. The van der Waals surface area contributed by atoms with E-state index >= 15 is 0 Å². The van der Waals surface area contributed by atoms with Crippen LogP contribution in [-0.2, 0) is 9.47 Å². The predicted molar refractivity (Wildman–Crippen MR) is 87.7 cm³/mol. The summed E-state index contributed by atoms with van der Waals surface area (Å²) in [5.41, 5.74) is -0.0180. The Kier molecular flexibility index (Phi) is 3.99. The summed E-state index contributed by atoms with van der Waals surface area (Å²) in [6.45, 7) is 0. The highest BCUT2D eigenvalue weighted by Crippen LogP contribution is 2.25. The Labute approximate surface area is 140 Å². The Morgan fingerprint density at radius 2 is 1.50 bits per heavy atom. The maximum Gasteiger partial charge on any atom is 0.338 e. The van der Waals surface area contributed by atoms with Crippen LogP contribution in [0.1, 0.15) is 20.7 Å². The number of carbonyl (C=O) groups excluding carboxylic acids is 2. The van der Waals surface area contributed by atoms with Gasteiger partial charge in [0, 0.05) is 5.02 Å². The average Bonchev–Trinajstić information content (AvgIpc) is 2.60. The van der Waals surface area contributed by atoms with E-state index in [-0.39, 0.29) is 32.9 Å². The predicted octanol–water partition coefficient (Wildman–Crippen LogP) is 3.17. The highest BCUT2D eigenvalue weighted by Gasteiger charge is 2.22. The van der Waals surface area contributed by atoms with Crippen LogP contribution >= 0.6 is 11.6 Å². The largest absolute Gasteiger partial charge is 0.465 e. The van der Waals surface area contributed by atoms with Gasteiger partial charge in [0.15, 0.2) is 0 Å². The van der Waals surface area contributed by atoms with E-state index in [0.717, 1.165) is 0 Å². The standard InChI is InChI=1S/C17H11ClO6/c1-22-16(20)9-6-12-14(7-10(9)17(21)23-2)24-13-4-3-8(18)5-11(13)15(12)19/h3-7H,1-2H3. The van der Waals surface area contributed by atoms with Gasteiger partial charge in [0.25, 0.3) is 0 Å². The van der Waals surface area contributed by atoms with Crippen molar-refractivity contribution in [3.05, 3.63) is 56.7 Å².